The lowest BCUT2D eigenvalue weighted by molar-refractivity contribution is -0.116. The number of hydrazine groups is 1. The first-order valence-corrected chi connectivity index (χ1v) is 13.4. The standard InChI is InChI=1S/C27H25Cl3N4O2S/c1-14-6-9-22(16(3)10-14)37-24-25(31-21-8-7-17(13-18(21)28)26(35)33(4)5)32-34(27(24)36)23-19(29)11-15(2)12-20(23)30/h6-13,24H,1-5H3,(H,31,32). The molecule has 1 unspecified atom stereocenters. The van der Waals surface area contributed by atoms with Crippen LogP contribution in [-0.2, 0) is 4.79 Å². The highest BCUT2D eigenvalue weighted by atomic mass is 35.5. The number of nitrogens with zero attached hydrogens (tertiary/aromatic N) is 3. The molecule has 2 amide bonds. The van der Waals surface area contributed by atoms with Crippen LogP contribution in [0.3, 0.4) is 0 Å². The number of hydrogen-bond donors (Lipinski definition) is 1. The molecule has 4 rings (SSSR count). The minimum absolute atomic E-state index is 0.173. The van der Waals surface area contributed by atoms with Crippen molar-refractivity contribution >= 4 is 75.6 Å². The molecule has 0 radical (unpaired) electrons. The quantitative estimate of drug-likeness (QED) is 0.355. The summed E-state index contributed by atoms with van der Waals surface area (Å²) in [4.78, 5) is 33.2. The molecule has 1 fully saturated rings. The van der Waals surface area contributed by atoms with Crippen LogP contribution in [-0.4, -0.2) is 41.9 Å². The molecular formula is C27H25Cl3N4O2S. The van der Waals surface area contributed by atoms with E-state index in [1.54, 1.807) is 44.4 Å². The topological polar surface area (TPSA) is 65.0 Å². The van der Waals surface area contributed by atoms with Gasteiger partial charge in [0.1, 0.15) is 16.8 Å². The molecule has 192 valence electrons. The van der Waals surface area contributed by atoms with Gasteiger partial charge in [-0.2, -0.15) is 0 Å². The molecule has 0 aromatic heterocycles. The van der Waals surface area contributed by atoms with Gasteiger partial charge in [-0.25, -0.2) is 10.0 Å². The number of amidine groups is 1. The fraction of sp³-hybridized carbons (Fsp3) is 0.222. The summed E-state index contributed by atoms with van der Waals surface area (Å²) >= 11 is 20.9. The fourth-order valence-electron chi connectivity index (χ4n) is 3.90. The molecule has 6 nitrogen and oxygen atoms in total. The predicted octanol–water partition coefficient (Wildman–Crippen LogP) is 7.02. The van der Waals surface area contributed by atoms with Gasteiger partial charge in [0.15, 0.2) is 0 Å². The maximum atomic E-state index is 13.7. The van der Waals surface area contributed by atoms with Gasteiger partial charge in [-0.1, -0.05) is 52.5 Å². The van der Waals surface area contributed by atoms with Crippen molar-refractivity contribution in [2.75, 3.05) is 19.1 Å². The second-order valence-corrected chi connectivity index (χ2v) is 11.4. The van der Waals surface area contributed by atoms with Crippen molar-refractivity contribution < 1.29 is 9.59 Å². The van der Waals surface area contributed by atoms with Crippen LogP contribution < -0.4 is 10.4 Å². The van der Waals surface area contributed by atoms with Crippen molar-refractivity contribution in [2.24, 2.45) is 4.99 Å². The molecule has 3 aromatic carbocycles. The molecule has 1 heterocycles. The van der Waals surface area contributed by atoms with E-state index in [0.29, 0.717) is 32.8 Å². The van der Waals surface area contributed by atoms with Gasteiger partial charge in [0.05, 0.1) is 20.8 Å². The summed E-state index contributed by atoms with van der Waals surface area (Å²) < 4.78 is 0. The summed E-state index contributed by atoms with van der Waals surface area (Å²) in [5, 5.41) is 1.59. The Kier molecular flexibility index (Phi) is 8.09. The highest BCUT2D eigenvalue weighted by Crippen LogP contribution is 2.39. The Labute approximate surface area is 235 Å². The zero-order chi connectivity index (χ0) is 27.0. The normalized spacial score (nSPS) is 16.3. The molecule has 10 heteroatoms. The fourth-order valence-corrected chi connectivity index (χ4v) is 5.96. The van der Waals surface area contributed by atoms with Gasteiger partial charge in [-0.05, 0) is 68.3 Å². The highest BCUT2D eigenvalue weighted by molar-refractivity contribution is 8.01. The second kappa shape index (κ2) is 11.0. The van der Waals surface area contributed by atoms with Crippen molar-refractivity contribution in [1.82, 2.24) is 10.3 Å². The summed E-state index contributed by atoms with van der Waals surface area (Å²) in [7, 11) is 3.34. The average molecular weight is 576 g/mol. The Bertz CT molecular complexity index is 1420. The second-order valence-electron chi connectivity index (χ2n) is 8.99. The van der Waals surface area contributed by atoms with Crippen LogP contribution >= 0.6 is 46.6 Å². The van der Waals surface area contributed by atoms with Gasteiger partial charge in [-0.15, -0.1) is 11.8 Å². The first kappa shape index (κ1) is 27.3. The number of amides is 2. The molecule has 0 bridgehead atoms. The maximum Gasteiger partial charge on any atom is 0.267 e. The number of rotatable bonds is 5. The third-order valence-corrected chi connectivity index (χ3v) is 7.97. The van der Waals surface area contributed by atoms with Crippen molar-refractivity contribution in [3.05, 3.63) is 85.9 Å². The van der Waals surface area contributed by atoms with Gasteiger partial charge >= 0.3 is 0 Å². The van der Waals surface area contributed by atoms with Crippen LogP contribution in [0.15, 0.2) is 58.4 Å². The molecule has 1 aliphatic heterocycles. The lowest BCUT2D eigenvalue weighted by atomic mass is 10.2. The van der Waals surface area contributed by atoms with Gasteiger partial charge in [0, 0.05) is 24.6 Å². The van der Waals surface area contributed by atoms with Crippen molar-refractivity contribution in [1.29, 1.82) is 0 Å². The Morgan fingerprint density at radius 3 is 2.22 bits per heavy atom. The van der Waals surface area contributed by atoms with Crippen LogP contribution in [0.4, 0.5) is 11.4 Å². The first-order chi connectivity index (χ1) is 17.5. The van der Waals surface area contributed by atoms with E-state index >= 15 is 0 Å². The van der Waals surface area contributed by atoms with Crippen LogP contribution in [0.25, 0.3) is 0 Å². The number of hydrogen-bond acceptors (Lipinski definition) is 4. The molecule has 0 saturated carbocycles. The number of nitrogens with one attached hydrogen (secondary N) is 1. The smallest absolute Gasteiger partial charge is 0.267 e. The summed E-state index contributed by atoms with van der Waals surface area (Å²) in [6, 6.07) is 14.4. The summed E-state index contributed by atoms with van der Waals surface area (Å²) in [6.45, 7) is 5.90. The van der Waals surface area contributed by atoms with Gasteiger partial charge in [0.25, 0.3) is 11.8 Å². The lowest BCUT2D eigenvalue weighted by Gasteiger charge is -2.19. The number of benzene rings is 3. The summed E-state index contributed by atoms with van der Waals surface area (Å²) in [5.41, 5.74) is 7.37. The Balaban J connectivity index is 1.78. The Morgan fingerprint density at radius 2 is 1.62 bits per heavy atom. The van der Waals surface area contributed by atoms with Gasteiger partial charge in [-0.3, -0.25) is 15.0 Å². The van der Waals surface area contributed by atoms with Gasteiger partial charge < -0.3 is 4.90 Å². The maximum absolute atomic E-state index is 13.7. The van der Waals surface area contributed by atoms with Crippen molar-refractivity contribution in [3.63, 3.8) is 0 Å². The third-order valence-electron chi connectivity index (χ3n) is 5.72. The molecule has 1 atom stereocenters. The summed E-state index contributed by atoms with van der Waals surface area (Å²) in [5.74, 6) is -0.0726. The largest absolute Gasteiger partial charge is 0.345 e. The predicted molar refractivity (Wildman–Crippen MR) is 154 cm³/mol. The zero-order valence-electron chi connectivity index (χ0n) is 20.9. The number of aryl methyl sites for hydroxylation is 3. The van der Waals surface area contributed by atoms with E-state index in [9.17, 15) is 9.59 Å². The van der Waals surface area contributed by atoms with Crippen LogP contribution in [0.5, 0.6) is 0 Å². The molecule has 0 aliphatic carbocycles. The van der Waals surface area contributed by atoms with Crippen molar-refractivity contribution in [2.45, 2.75) is 30.9 Å². The Morgan fingerprint density at radius 1 is 0.946 bits per heavy atom. The number of halogens is 3. The third kappa shape index (κ3) is 5.75. The Hall–Kier alpha value is -2.71. The minimum atomic E-state index is -0.714. The zero-order valence-corrected chi connectivity index (χ0v) is 24.0. The molecule has 0 spiro atoms. The number of anilines is 1. The van der Waals surface area contributed by atoms with E-state index in [1.807, 2.05) is 32.9 Å². The molecule has 1 N–H and O–H groups in total. The number of carbonyl (C=O) groups is 2. The van der Waals surface area contributed by atoms with E-state index in [0.717, 1.165) is 21.6 Å². The van der Waals surface area contributed by atoms with E-state index in [1.165, 1.54) is 21.7 Å². The molecule has 3 aromatic rings. The lowest BCUT2D eigenvalue weighted by Crippen LogP contribution is -2.36. The van der Waals surface area contributed by atoms with E-state index in [2.05, 4.69) is 11.5 Å². The van der Waals surface area contributed by atoms with Crippen LogP contribution in [0, 0.1) is 20.8 Å². The first-order valence-electron chi connectivity index (χ1n) is 11.4. The van der Waals surface area contributed by atoms with Gasteiger partial charge in [0.2, 0.25) is 0 Å². The monoisotopic (exact) mass is 574 g/mol. The number of thioether (sulfide) groups is 1. The number of aliphatic imine (C=N–C) groups is 1. The highest BCUT2D eigenvalue weighted by Gasteiger charge is 2.41. The van der Waals surface area contributed by atoms with E-state index in [4.69, 9.17) is 39.8 Å². The van der Waals surface area contributed by atoms with Crippen LogP contribution in [0.1, 0.15) is 27.0 Å². The number of carbonyl (C=O) groups excluding carboxylic acids is 2. The molecule has 1 saturated heterocycles. The molecule has 1 aliphatic rings. The molecular weight excluding hydrogens is 551 g/mol. The van der Waals surface area contributed by atoms with Crippen LogP contribution in [0.2, 0.25) is 15.1 Å². The molecule has 37 heavy (non-hydrogen) atoms. The van der Waals surface area contributed by atoms with E-state index < -0.39 is 5.25 Å². The average Bonchev–Trinajstić information content (AvgIpc) is 3.10. The summed E-state index contributed by atoms with van der Waals surface area (Å²) in [6.07, 6.45) is 0. The SMILES string of the molecule is Cc1ccc(SC2C(=O)N(c3c(Cl)cc(C)cc3Cl)NC2=Nc2ccc(C(=O)N(C)C)cc2Cl)c(C)c1. The minimum Gasteiger partial charge on any atom is -0.345 e. The van der Waals surface area contributed by atoms with E-state index in [-0.39, 0.29) is 16.8 Å². The van der Waals surface area contributed by atoms with Crippen molar-refractivity contribution in [3.8, 4) is 0 Å².